The van der Waals surface area contributed by atoms with Crippen LogP contribution in [0.4, 0.5) is 0 Å². The summed E-state index contributed by atoms with van der Waals surface area (Å²) in [4.78, 5) is 16.1. The summed E-state index contributed by atoms with van der Waals surface area (Å²) in [5.41, 5.74) is 1.22. The number of nitrogens with zero attached hydrogens (tertiary/aromatic N) is 1. The molecule has 0 bridgehead atoms. The minimum absolute atomic E-state index is 0.242. The first-order chi connectivity index (χ1) is 10.1. The maximum atomic E-state index is 12.0. The Balaban J connectivity index is 2.07. The number of halogens is 1. The highest BCUT2D eigenvalue weighted by Crippen LogP contribution is 2.24. The van der Waals surface area contributed by atoms with Gasteiger partial charge in [-0.1, -0.05) is 6.07 Å². The van der Waals surface area contributed by atoms with Crippen molar-refractivity contribution in [2.24, 2.45) is 0 Å². The third kappa shape index (κ3) is 3.95. The first-order valence-electron chi connectivity index (χ1n) is 6.25. The number of nitrogens with one attached hydrogen (secondary N) is 1. The molecule has 0 saturated carbocycles. The van der Waals surface area contributed by atoms with Crippen LogP contribution >= 0.6 is 15.9 Å². The van der Waals surface area contributed by atoms with E-state index < -0.39 is 0 Å². The third-order valence-corrected chi connectivity index (χ3v) is 3.32. The average molecular weight is 351 g/mol. The Kier molecular flexibility index (Phi) is 5.16. The normalized spacial score (nSPS) is 10.0. The lowest BCUT2D eigenvalue weighted by atomic mass is 10.2. The van der Waals surface area contributed by atoms with Gasteiger partial charge in [0.15, 0.2) is 0 Å². The first kappa shape index (κ1) is 15.3. The van der Waals surface area contributed by atoms with Crippen LogP contribution in [0.15, 0.2) is 41.0 Å². The van der Waals surface area contributed by atoms with Crippen molar-refractivity contribution in [3.63, 3.8) is 0 Å². The molecular weight excluding hydrogens is 336 g/mol. The van der Waals surface area contributed by atoms with Crippen LogP contribution in [0, 0.1) is 0 Å². The number of hydrogen-bond acceptors (Lipinski definition) is 4. The molecule has 5 nitrogen and oxygen atoms in total. The summed E-state index contributed by atoms with van der Waals surface area (Å²) in [6.45, 7) is 0.347. The summed E-state index contributed by atoms with van der Waals surface area (Å²) in [5, 5.41) is 2.81. The fourth-order valence-electron chi connectivity index (χ4n) is 1.80. The van der Waals surface area contributed by atoms with Crippen LogP contribution in [-0.2, 0) is 6.54 Å². The fourth-order valence-corrected chi connectivity index (χ4v) is 2.14. The van der Waals surface area contributed by atoms with Crippen molar-refractivity contribution in [1.29, 1.82) is 0 Å². The van der Waals surface area contributed by atoms with Gasteiger partial charge in [-0.3, -0.25) is 4.79 Å². The van der Waals surface area contributed by atoms with Gasteiger partial charge in [0.1, 0.15) is 21.8 Å². The van der Waals surface area contributed by atoms with Gasteiger partial charge in [-0.15, -0.1) is 0 Å². The standard InChI is InChI=1S/C15H15BrN2O3/c1-20-11-7-6-10(13(8-11)21-2)9-17-15(19)12-4-3-5-14(16)18-12/h3-8H,9H2,1-2H3,(H,17,19). The van der Waals surface area contributed by atoms with Crippen LogP contribution in [0.25, 0.3) is 0 Å². The molecule has 110 valence electrons. The van der Waals surface area contributed by atoms with Crippen molar-refractivity contribution in [3.05, 3.63) is 52.3 Å². The smallest absolute Gasteiger partial charge is 0.270 e. The summed E-state index contributed by atoms with van der Waals surface area (Å²) in [6, 6.07) is 10.6. The van der Waals surface area contributed by atoms with Crippen molar-refractivity contribution in [2.45, 2.75) is 6.54 Å². The van der Waals surface area contributed by atoms with Crippen LogP contribution in [0.1, 0.15) is 16.1 Å². The van der Waals surface area contributed by atoms with Crippen molar-refractivity contribution >= 4 is 21.8 Å². The van der Waals surface area contributed by atoms with E-state index in [9.17, 15) is 4.79 Å². The number of benzene rings is 1. The molecule has 0 aliphatic carbocycles. The molecule has 0 atom stereocenters. The molecule has 2 rings (SSSR count). The van der Waals surface area contributed by atoms with Crippen molar-refractivity contribution in [1.82, 2.24) is 10.3 Å². The SMILES string of the molecule is COc1ccc(CNC(=O)c2cccc(Br)n2)c(OC)c1. The molecule has 0 fully saturated rings. The lowest BCUT2D eigenvalue weighted by Crippen LogP contribution is -2.24. The molecule has 0 spiro atoms. The second-order valence-electron chi connectivity index (χ2n) is 4.21. The zero-order valence-corrected chi connectivity index (χ0v) is 13.3. The maximum Gasteiger partial charge on any atom is 0.270 e. The Morgan fingerprint density at radius 3 is 2.71 bits per heavy atom. The molecule has 1 N–H and O–H groups in total. The van der Waals surface area contributed by atoms with Gasteiger partial charge in [0.25, 0.3) is 5.91 Å². The van der Waals surface area contributed by atoms with Crippen molar-refractivity contribution < 1.29 is 14.3 Å². The highest BCUT2D eigenvalue weighted by molar-refractivity contribution is 9.10. The summed E-state index contributed by atoms with van der Waals surface area (Å²) in [6.07, 6.45) is 0. The molecule has 0 aliphatic heterocycles. The van der Waals surface area contributed by atoms with Gasteiger partial charge in [-0.25, -0.2) is 4.98 Å². The van der Waals surface area contributed by atoms with Gasteiger partial charge >= 0.3 is 0 Å². The largest absolute Gasteiger partial charge is 0.497 e. The molecule has 1 heterocycles. The Hall–Kier alpha value is -2.08. The Morgan fingerprint density at radius 2 is 2.05 bits per heavy atom. The van der Waals surface area contributed by atoms with Crippen LogP contribution in [0.3, 0.4) is 0 Å². The highest BCUT2D eigenvalue weighted by atomic mass is 79.9. The number of pyridine rings is 1. The number of methoxy groups -OCH3 is 2. The van der Waals surface area contributed by atoms with Gasteiger partial charge in [0.2, 0.25) is 0 Å². The monoisotopic (exact) mass is 350 g/mol. The van der Waals surface area contributed by atoms with Crippen LogP contribution in [0.5, 0.6) is 11.5 Å². The maximum absolute atomic E-state index is 12.0. The Morgan fingerprint density at radius 1 is 1.24 bits per heavy atom. The summed E-state index contributed by atoms with van der Waals surface area (Å²) in [5.74, 6) is 1.13. The lowest BCUT2D eigenvalue weighted by Gasteiger charge is -2.11. The van der Waals surface area contributed by atoms with Crippen molar-refractivity contribution in [2.75, 3.05) is 14.2 Å². The molecular formula is C15H15BrN2O3. The van der Waals surface area contributed by atoms with E-state index in [1.807, 2.05) is 12.1 Å². The summed E-state index contributed by atoms with van der Waals surface area (Å²) < 4.78 is 11.1. The molecule has 0 aliphatic rings. The molecule has 1 aromatic heterocycles. The Labute approximate surface area is 131 Å². The van der Waals surface area contributed by atoms with Gasteiger partial charge in [-0.2, -0.15) is 0 Å². The second-order valence-corrected chi connectivity index (χ2v) is 5.02. The van der Waals surface area contributed by atoms with Gasteiger partial charge < -0.3 is 14.8 Å². The topological polar surface area (TPSA) is 60.5 Å². The van der Waals surface area contributed by atoms with Crippen LogP contribution in [-0.4, -0.2) is 25.1 Å². The quantitative estimate of drug-likeness (QED) is 0.842. The van der Waals surface area contributed by atoms with Gasteiger partial charge in [0.05, 0.1) is 14.2 Å². The number of aromatic nitrogens is 1. The Bertz CT molecular complexity index is 647. The number of ether oxygens (including phenoxy) is 2. The third-order valence-electron chi connectivity index (χ3n) is 2.88. The van der Waals surface area contributed by atoms with E-state index in [1.165, 1.54) is 0 Å². The minimum Gasteiger partial charge on any atom is -0.497 e. The number of carbonyl (C=O) groups is 1. The summed E-state index contributed by atoms with van der Waals surface area (Å²) >= 11 is 3.24. The highest BCUT2D eigenvalue weighted by Gasteiger charge is 2.10. The minimum atomic E-state index is -0.242. The molecule has 0 radical (unpaired) electrons. The van der Waals surface area contributed by atoms with E-state index in [1.54, 1.807) is 38.5 Å². The average Bonchev–Trinajstić information content (AvgIpc) is 2.52. The van der Waals surface area contributed by atoms with E-state index in [0.29, 0.717) is 28.3 Å². The molecule has 0 saturated heterocycles. The fraction of sp³-hybridized carbons (Fsp3) is 0.200. The van der Waals surface area contributed by atoms with Crippen LogP contribution < -0.4 is 14.8 Å². The number of rotatable bonds is 5. The van der Waals surface area contributed by atoms with Crippen molar-refractivity contribution in [3.8, 4) is 11.5 Å². The molecule has 21 heavy (non-hydrogen) atoms. The number of amides is 1. The second kappa shape index (κ2) is 7.08. The van der Waals surface area contributed by atoms with E-state index >= 15 is 0 Å². The number of hydrogen-bond donors (Lipinski definition) is 1. The zero-order valence-electron chi connectivity index (χ0n) is 11.7. The van der Waals surface area contributed by atoms with E-state index in [4.69, 9.17) is 9.47 Å². The zero-order chi connectivity index (χ0) is 15.2. The molecule has 1 amide bonds. The van der Waals surface area contributed by atoms with E-state index in [2.05, 4.69) is 26.2 Å². The van der Waals surface area contributed by atoms with Gasteiger partial charge in [-0.05, 0) is 40.2 Å². The summed E-state index contributed by atoms with van der Waals surface area (Å²) in [7, 11) is 3.17. The van der Waals surface area contributed by atoms with E-state index in [0.717, 1.165) is 5.56 Å². The first-order valence-corrected chi connectivity index (χ1v) is 7.05. The number of carbonyl (C=O) groups excluding carboxylic acids is 1. The molecule has 1 aromatic carbocycles. The van der Waals surface area contributed by atoms with Gasteiger partial charge in [0, 0.05) is 18.2 Å². The molecule has 6 heteroatoms. The lowest BCUT2D eigenvalue weighted by molar-refractivity contribution is 0.0945. The van der Waals surface area contributed by atoms with E-state index in [-0.39, 0.29) is 5.91 Å². The predicted octanol–water partition coefficient (Wildman–Crippen LogP) is 2.79. The van der Waals surface area contributed by atoms with Crippen LogP contribution in [0.2, 0.25) is 0 Å². The predicted molar refractivity (Wildman–Crippen MR) is 82.7 cm³/mol. The molecule has 0 unspecified atom stereocenters. The molecule has 2 aromatic rings.